The minimum absolute atomic E-state index is 0.0152. The Morgan fingerprint density at radius 3 is 1.27 bits per heavy atom. The number of nitrogens with two attached hydrogens (primary N) is 6. The van der Waals surface area contributed by atoms with Crippen molar-refractivity contribution < 1.29 is 86.9 Å². The van der Waals surface area contributed by atoms with Gasteiger partial charge in [-0.3, -0.25) is 71.9 Å². The molecule has 1 aliphatic heterocycles. The number of hydrogen-bond donors (Lipinski definition) is 25. The van der Waals surface area contributed by atoms with Crippen molar-refractivity contribution >= 4 is 139 Å². The van der Waals surface area contributed by atoms with Crippen LogP contribution in [0.25, 0.3) is 32.7 Å². The Morgan fingerprint density at radius 2 is 0.833 bits per heavy atom. The first-order valence-corrected chi connectivity index (χ1v) is 48.5. The molecule has 42 heteroatoms. The normalized spacial score (nSPS) is 17.9. The lowest BCUT2D eigenvalue weighted by molar-refractivity contribution is -0.142. The van der Waals surface area contributed by atoms with Gasteiger partial charge in [0.2, 0.25) is 88.6 Å². The van der Waals surface area contributed by atoms with E-state index in [0.29, 0.717) is 106 Å². The van der Waals surface area contributed by atoms with Gasteiger partial charge in [-0.05, 0) is 182 Å². The van der Waals surface area contributed by atoms with Gasteiger partial charge in [-0.25, -0.2) is 4.79 Å². The van der Waals surface area contributed by atoms with Crippen LogP contribution >= 0.6 is 11.8 Å². The fourth-order valence-corrected chi connectivity index (χ4v) is 17.1. The second-order valence-corrected chi connectivity index (χ2v) is 36.6. The largest absolute Gasteiger partial charge is 0.480 e. The predicted octanol–water partition coefficient (Wildman–Crippen LogP) is -0.377. The SMILES string of the molecule is CC[C@H](C)[C@@H]1NC(=O)[C@@H](NC(=O)[C@H](Cc2ccccc2)NC(=O)[C@H](Cc2c[nH]c3ccccc23)NC(=O)[C@@H](N)CC(N)=O)CSCC(=O)NCCC[C@@H](C(=O)N[C@@H](Cc2c[nH]c3ccccc23)C(=O)N[C@@H](CC(C)C)C(=O)N[C@@H](Cc2c[nH]c3ccccc23)C(=O)N[C@@H](CCCCN)C(=O)N[C@@H](CCCCN)C(=O)N[C@@H](CCCCN)C(=O)N[C@@H](CCCCN)C(=O)O)NC(=O)[C@H]([C@@H](C)O)NC1=O. The smallest absolute Gasteiger partial charge is 0.326 e. The number of thioether (sulfide) groups is 1. The lowest BCUT2D eigenvalue weighted by Crippen LogP contribution is -2.63. The zero-order valence-corrected chi connectivity index (χ0v) is 79.8. The maximum absolute atomic E-state index is 15.6. The van der Waals surface area contributed by atoms with E-state index in [2.05, 4.69) is 89.4 Å². The topological polar surface area (TPSA) is 685 Å². The van der Waals surface area contributed by atoms with Gasteiger partial charge in [0.05, 0.1) is 24.3 Å². The number of carbonyl (C=O) groups is 16. The minimum Gasteiger partial charge on any atom is -0.480 e. The number of unbranched alkanes of at least 4 members (excludes halogenated alkanes) is 4. The first kappa shape index (κ1) is 110. The number of carboxylic acids is 1. The zero-order valence-electron chi connectivity index (χ0n) is 79.0. The van der Waals surface area contributed by atoms with Gasteiger partial charge >= 0.3 is 5.97 Å². The molecule has 752 valence electrons. The molecule has 0 radical (unpaired) electrons. The summed E-state index contributed by atoms with van der Waals surface area (Å²) in [5.41, 5.74) is 39.1. The summed E-state index contributed by atoms with van der Waals surface area (Å²) < 4.78 is 0. The van der Waals surface area contributed by atoms with Gasteiger partial charge in [-0.1, -0.05) is 119 Å². The van der Waals surface area contributed by atoms with Crippen LogP contribution in [-0.4, -0.2) is 255 Å². The molecule has 0 unspecified atom stereocenters. The van der Waals surface area contributed by atoms with E-state index in [1.807, 2.05) is 12.1 Å². The monoisotopic (exact) mass is 1930 g/mol. The number of benzene rings is 4. The van der Waals surface area contributed by atoms with Crippen LogP contribution in [0.1, 0.15) is 166 Å². The van der Waals surface area contributed by atoms with E-state index in [9.17, 15) is 58.2 Å². The van der Waals surface area contributed by atoms with Gasteiger partial charge < -0.3 is 134 Å². The van der Waals surface area contributed by atoms with Crippen molar-refractivity contribution in [1.29, 1.82) is 0 Å². The molecule has 0 aliphatic carbocycles. The molecular formula is C96H139N23O18S. The molecule has 0 spiro atoms. The van der Waals surface area contributed by atoms with Crippen LogP contribution in [0.2, 0.25) is 0 Å². The van der Waals surface area contributed by atoms with Crippen LogP contribution in [0.5, 0.6) is 0 Å². The third-order valence-corrected chi connectivity index (χ3v) is 25.2. The Kier molecular flexibility index (Phi) is 45.4. The first-order valence-electron chi connectivity index (χ1n) is 47.4. The molecule has 15 amide bonds. The summed E-state index contributed by atoms with van der Waals surface area (Å²) in [6, 6.07) is 9.22. The van der Waals surface area contributed by atoms with Gasteiger partial charge in [0.25, 0.3) is 0 Å². The summed E-state index contributed by atoms with van der Waals surface area (Å²) in [6.45, 7) is 8.94. The van der Waals surface area contributed by atoms with E-state index in [1.165, 1.54) is 6.92 Å². The number of aliphatic carboxylic acids is 1. The summed E-state index contributed by atoms with van der Waals surface area (Å²) >= 11 is 0.916. The Labute approximate surface area is 805 Å². The molecule has 7 aromatic rings. The summed E-state index contributed by atoms with van der Waals surface area (Å²) in [7, 11) is 0. The number of H-pyrrole nitrogens is 3. The van der Waals surface area contributed by atoms with E-state index in [4.69, 9.17) is 34.4 Å². The number of hydrogen-bond acceptors (Lipinski definition) is 23. The quantitative estimate of drug-likeness (QED) is 0.0216. The van der Waals surface area contributed by atoms with Crippen molar-refractivity contribution in [2.24, 2.45) is 46.2 Å². The molecule has 16 atom stereocenters. The van der Waals surface area contributed by atoms with E-state index in [0.717, 1.165) is 11.8 Å². The number of primary amides is 1. The Hall–Kier alpha value is -12.9. The standard InChI is InChI=1S/C96H139N23O18S/c1-6-55(4)81-94(134)119-82(56(5)120)95(135)110-71(37-24-42-103-80(122)53-138-52-78(93(133)118-81)117-89(129)74(44-57-25-8-7-9-26-57)114-91(131)75(112-83(123)64(101)48-79(102)121)45-58-49-104-65-30-13-10-27-61(58)65)87(127)115-77(47-60-51-106-67-32-15-12-29-63(60)67)92(132)113-73(43-54(2)3)88(128)116-76(46-59-50-105-66-31-14-11-28-62(59)66)90(130)109-69(34-17-21-39-98)85(125)107-68(33-16-20-38-97)84(124)108-70(35-18-22-40-99)86(126)111-72(96(136)137)36-19-23-41-100/h7-15,25-32,49-51,54-56,64,68-78,81-82,104-106,120H,6,16-24,33-48,52-53,97-101H2,1-5H3,(H2,102,121)(H,103,122)(H,107,125)(H,108,124)(H,109,130)(H,110,135)(H,111,126)(H,112,123)(H,113,132)(H,114,131)(H,115,127)(H,116,128)(H,117,129)(H,118,133)(H,119,134)(H,136,137)/t55-,56+,64-,68-,69-,70-,71-,72-,73-,74-,75-,76-,77-,78-,81-,82-/m0/s1. The highest BCUT2D eigenvalue weighted by Crippen LogP contribution is 2.25. The average Bonchev–Trinajstić information content (AvgIpc) is 1.69. The first-order chi connectivity index (χ1) is 66.1. The number of para-hydroxylation sites is 3. The van der Waals surface area contributed by atoms with Crippen molar-refractivity contribution in [3.8, 4) is 0 Å². The number of aliphatic hydroxyl groups is 1. The van der Waals surface area contributed by atoms with E-state index < -0.39 is 198 Å². The number of aromatic nitrogens is 3. The second-order valence-electron chi connectivity index (χ2n) is 35.5. The van der Waals surface area contributed by atoms with Gasteiger partial charge in [-0.2, -0.15) is 0 Å². The molecule has 1 aliphatic rings. The number of nitrogens with one attached hydrogen (secondary N) is 17. The van der Waals surface area contributed by atoms with E-state index in [1.54, 1.807) is 137 Å². The number of carbonyl (C=O) groups excluding carboxylic acids is 15. The molecular weight excluding hydrogens is 1800 g/mol. The van der Waals surface area contributed by atoms with E-state index in [-0.39, 0.29) is 127 Å². The number of fused-ring (bicyclic) bond motifs is 3. The van der Waals surface area contributed by atoms with Gasteiger partial charge in [0.15, 0.2) is 0 Å². The molecule has 138 heavy (non-hydrogen) atoms. The number of aliphatic hydroxyl groups excluding tert-OH is 1. The third-order valence-electron chi connectivity index (χ3n) is 24.1. The van der Waals surface area contributed by atoms with Gasteiger partial charge in [0.1, 0.15) is 78.5 Å². The fourth-order valence-electron chi connectivity index (χ4n) is 16.2. The van der Waals surface area contributed by atoms with Crippen molar-refractivity contribution in [2.45, 2.75) is 260 Å². The molecule has 31 N–H and O–H groups in total. The fraction of sp³-hybridized carbons (Fsp3) is 0.521. The maximum Gasteiger partial charge on any atom is 0.326 e. The molecule has 0 saturated carbocycles. The maximum atomic E-state index is 15.6. The van der Waals surface area contributed by atoms with Crippen LogP contribution in [0.15, 0.2) is 122 Å². The summed E-state index contributed by atoms with van der Waals surface area (Å²) in [6.07, 6.45) is 4.99. The van der Waals surface area contributed by atoms with Crippen molar-refractivity contribution in [2.75, 3.05) is 44.2 Å². The van der Waals surface area contributed by atoms with Crippen LogP contribution in [0.4, 0.5) is 0 Å². The molecule has 4 aromatic carbocycles. The van der Waals surface area contributed by atoms with Gasteiger partial charge in [-0.15, -0.1) is 11.8 Å². The molecule has 41 nitrogen and oxygen atoms in total. The number of aromatic amines is 3. The third kappa shape index (κ3) is 34.7. The van der Waals surface area contributed by atoms with Crippen molar-refractivity contribution in [3.63, 3.8) is 0 Å². The number of rotatable bonds is 52. The van der Waals surface area contributed by atoms with Gasteiger partial charge in [0, 0.05) is 89.3 Å². The van der Waals surface area contributed by atoms with Crippen LogP contribution < -0.4 is 109 Å². The van der Waals surface area contributed by atoms with Crippen molar-refractivity contribution in [3.05, 3.63) is 144 Å². The Morgan fingerprint density at radius 1 is 0.449 bits per heavy atom. The molecule has 1 saturated heterocycles. The zero-order chi connectivity index (χ0) is 100. The van der Waals surface area contributed by atoms with Crippen LogP contribution in [-0.2, 0) is 102 Å². The molecule has 4 heterocycles. The number of amides is 15. The average molecular weight is 1940 g/mol. The number of carboxylic acid groups (broad SMARTS) is 1. The molecule has 8 rings (SSSR count). The Bertz CT molecular complexity index is 5240. The molecule has 0 bridgehead atoms. The van der Waals surface area contributed by atoms with Crippen molar-refractivity contribution in [1.82, 2.24) is 89.4 Å². The summed E-state index contributed by atoms with van der Waals surface area (Å²) in [5, 5.41) is 61.9. The summed E-state index contributed by atoms with van der Waals surface area (Å²) in [4.78, 5) is 242. The summed E-state index contributed by atoms with van der Waals surface area (Å²) in [5.74, 6) is -16.2. The second kappa shape index (κ2) is 56.7. The van der Waals surface area contributed by atoms with Crippen LogP contribution in [0.3, 0.4) is 0 Å². The molecule has 3 aromatic heterocycles. The highest BCUT2D eigenvalue weighted by molar-refractivity contribution is 8.00. The van der Waals surface area contributed by atoms with E-state index >= 15 is 28.8 Å². The highest BCUT2D eigenvalue weighted by Gasteiger charge is 2.41. The lowest BCUT2D eigenvalue weighted by atomic mass is 9.97. The molecule has 1 fully saturated rings. The van der Waals surface area contributed by atoms with Crippen LogP contribution in [0, 0.1) is 11.8 Å². The predicted molar refractivity (Wildman–Crippen MR) is 522 cm³/mol. The minimum atomic E-state index is -1.87. The Balaban J connectivity index is 1.05. The lowest BCUT2D eigenvalue weighted by Gasteiger charge is -2.31. The highest BCUT2D eigenvalue weighted by atomic mass is 32.2.